The number of aryl methyl sites for hydroxylation is 2. The van der Waals surface area contributed by atoms with E-state index in [1.54, 1.807) is 18.3 Å². The largest absolute Gasteiger partial charge is 0.493 e. The summed E-state index contributed by atoms with van der Waals surface area (Å²) in [6.07, 6.45) is 5.27. The van der Waals surface area contributed by atoms with E-state index in [4.69, 9.17) is 27.9 Å². The maximum absolute atomic E-state index is 13.0. The van der Waals surface area contributed by atoms with E-state index >= 15 is 0 Å². The number of carbonyl (C=O) groups excluding carboxylic acids is 2. The molecule has 1 aliphatic heterocycles. The van der Waals surface area contributed by atoms with E-state index in [-0.39, 0.29) is 24.3 Å². The fourth-order valence-corrected chi connectivity index (χ4v) is 4.48. The number of likely N-dealkylation sites (tertiary alicyclic amines) is 1. The maximum Gasteiger partial charge on any atom is 0.254 e. The minimum Gasteiger partial charge on any atom is -0.493 e. The Morgan fingerprint density at radius 3 is 2.49 bits per heavy atom. The predicted octanol–water partition coefficient (Wildman–Crippen LogP) is 5.69. The highest BCUT2D eigenvalue weighted by molar-refractivity contribution is 6.42. The topological polar surface area (TPSA) is 76.5 Å². The summed E-state index contributed by atoms with van der Waals surface area (Å²) in [5.41, 5.74) is 3.19. The minimum absolute atomic E-state index is 0.0409. The Balaban J connectivity index is 1.25. The lowest BCUT2D eigenvalue weighted by Gasteiger charge is -2.32. The number of carbonyl (C=O) groups is 2. The summed E-state index contributed by atoms with van der Waals surface area (Å²) in [6.45, 7) is 5.39. The maximum atomic E-state index is 13.0. The molecular formula is C26H28Cl2N4O3. The molecule has 1 N–H and O–H groups in total. The SMILES string of the molecule is Cc1ccc(OCCC(=O)Nc2cnn(C3CCN(C(=O)c4cc(Cl)c(Cl)cc4C)CC3)c2)cc1. The number of nitrogens with one attached hydrogen (secondary N) is 1. The Morgan fingerprint density at radius 2 is 1.77 bits per heavy atom. The van der Waals surface area contributed by atoms with Gasteiger partial charge < -0.3 is 15.0 Å². The Hall–Kier alpha value is -3.03. The lowest BCUT2D eigenvalue weighted by molar-refractivity contribution is -0.116. The Morgan fingerprint density at radius 1 is 1.09 bits per heavy atom. The Labute approximate surface area is 215 Å². The molecule has 2 heterocycles. The number of halogens is 2. The molecule has 9 heteroatoms. The molecule has 0 radical (unpaired) electrons. The van der Waals surface area contributed by atoms with Crippen LogP contribution >= 0.6 is 23.2 Å². The zero-order chi connectivity index (χ0) is 24.9. The summed E-state index contributed by atoms with van der Waals surface area (Å²) < 4.78 is 7.49. The van der Waals surface area contributed by atoms with Crippen molar-refractivity contribution in [3.8, 4) is 5.75 Å². The number of aromatic nitrogens is 2. The number of nitrogens with zero attached hydrogens (tertiary/aromatic N) is 3. The summed E-state index contributed by atoms with van der Waals surface area (Å²) in [5, 5.41) is 8.12. The lowest BCUT2D eigenvalue weighted by Crippen LogP contribution is -2.39. The van der Waals surface area contributed by atoms with Gasteiger partial charge in [0.25, 0.3) is 5.91 Å². The summed E-state index contributed by atoms with van der Waals surface area (Å²) in [6, 6.07) is 11.2. The van der Waals surface area contributed by atoms with Crippen molar-refractivity contribution in [3.63, 3.8) is 0 Å². The smallest absolute Gasteiger partial charge is 0.254 e. The van der Waals surface area contributed by atoms with Gasteiger partial charge in [0.2, 0.25) is 5.91 Å². The van der Waals surface area contributed by atoms with Gasteiger partial charge in [-0.15, -0.1) is 0 Å². The molecule has 0 aliphatic carbocycles. The third-order valence-electron chi connectivity index (χ3n) is 6.13. The van der Waals surface area contributed by atoms with Gasteiger partial charge in [-0.2, -0.15) is 5.10 Å². The molecule has 1 saturated heterocycles. The van der Waals surface area contributed by atoms with Crippen LogP contribution < -0.4 is 10.1 Å². The molecule has 0 saturated carbocycles. The van der Waals surface area contributed by atoms with E-state index < -0.39 is 0 Å². The summed E-state index contributed by atoms with van der Waals surface area (Å²) >= 11 is 12.2. The molecule has 0 atom stereocenters. The minimum atomic E-state index is -0.130. The van der Waals surface area contributed by atoms with Crippen LogP contribution in [0.3, 0.4) is 0 Å². The highest BCUT2D eigenvalue weighted by Gasteiger charge is 2.26. The zero-order valence-corrected chi connectivity index (χ0v) is 21.3. The first-order chi connectivity index (χ1) is 16.8. The molecule has 3 aromatic rings. The standard InChI is InChI=1S/C26H28Cl2N4O3/c1-17-3-5-21(6-4-17)35-12-9-25(33)30-19-15-29-32(16-19)20-7-10-31(11-8-20)26(34)22-14-24(28)23(27)13-18(22)2/h3-6,13-16,20H,7-12H2,1-2H3,(H,30,33). The molecule has 4 rings (SSSR count). The van der Waals surface area contributed by atoms with Crippen LogP contribution in [0.4, 0.5) is 5.69 Å². The average Bonchev–Trinajstić information content (AvgIpc) is 3.30. The van der Waals surface area contributed by atoms with Gasteiger partial charge >= 0.3 is 0 Å². The molecule has 1 aromatic heterocycles. The van der Waals surface area contributed by atoms with Crippen LogP contribution in [0.25, 0.3) is 0 Å². The number of benzene rings is 2. The van der Waals surface area contributed by atoms with Gasteiger partial charge in [-0.05, 0) is 56.5 Å². The second-order valence-corrected chi connectivity index (χ2v) is 9.59. The van der Waals surface area contributed by atoms with Crippen molar-refractivity contribution in [2.45, 2.75) is 39.2 Å². The lowest BCUT2D eigenvalue weighted by atomic mass is 10.0. The molecule has 1 aliphatic rings. The van der Waals surface area contributed by atoms with Gasteiger partial charge in [0.05, 0.1) is 41.0 Å². The quantitative estimate of drug-likeness (QED) is 0.439. The van der Waals surface area contributed by atoms with Crippen molar-refractivity contribution in [1.82, 2.24) is 14.7 Å². The third-order valence-corrected chi connectivity index (χ3v) is 6.85. The summed E-state index contributed by atoms with van der Waals surface area (Å²) in [4.78, 5) is 27.1. The zero-order valence-electron chi connectivity index (χ0n) is 19.8. The van der Waals surface area contributed by atoms with Crippen LogP contribution in [0.15, 0.2) is 48.8 Å². The van der Waals surface area contributed by atoms with Gasteiger partial charge in [-0.3, -0.25) is 14.3 Å². The van der Waals surface area contributed by atoms with Crippen LogP contribution in [-0.4, -0.2) is 46.2 Å². The van der Waals surface area contributed by atoms with Crippen molar-refractivity contribution in [2.24, 2.45) is 0 Å². The molecular weight excluding hydrogens is 487 g/mol. The van der Waals surface area contributed by atoms with Crippen LogP contribution in [-0.2, 0) is 4.79 Å². The summed E-state index contributed by atoms with van der Waals surface area (Å²) in [7, 11) is 0. The Kier molecular flexibility index (Phi) is 7.98. The molecule has 184 valence electrons. The predicted molar refractivity (Wildman–Crippen MR) is 138 cm³/mol. The number of amides is 2. The van der Waals surface area contributed by atoms with Crippen LogP contribution in [0.1, 0.15) is 46.8 Å². The number of hydrogen-bond acceptors (Lipinski definition) is 4. The van der Waals surface area contributed by atoms with Crippen molar-refractivity contribution >= 4 is 40.7 Å². The van der Waals surface area contributed by atoms with E-state index in [0.717, 1.165) is 29.7 Å². The van der Waals surface area contributed by atoms with Crippen molar-refractivity contribution in [1.29, 1.82) is 0 Å². The van der Waals surface area contributed by atoms with Gasteiger partial charge in [0.15, 0.2) is 0 Å². The van der Waals surface area contributed by atoms with Crippen molar-refractivity contribution in [3.05, 3.63) is 75.5 Å². The van der Waals surface area contributed by atoms with Crippen LogP contribution in [0, 0.1) is 13.8 Å². The molecule has 0 spiro atoms. The van der Waals surface area contributed by atoms with Crippen LogP contribution in [0.5, 0.6) is 5.75 Å². The van der Waals surface area contributed by atoms with E-state index in [2.05, 4.69) is 10.4 Å². The normalized spacial score (nSPS) is 14.1. The second kappa shape index (κ2) is 11.1. The number of ether oxygens (including phenoxy) is 1. The van der Waals surface area contributed by atoms with E-state index in [1.807, 2.05) is 53.9 Å². The van der Waals surface area contributed by atoms with E-state index in [1.165, 1.54) is 0 Å². The highest BCUT2D eigenvalue weighted by Crippen LogP contribution is 2.29. The molecule has 2 amide bonds. The average molecular weight is 515 g/mol. The number of piperidine rings is 1. The van der Waals surface area contributed by atoms with Crippen molar-refractivity contribution < 1.29 is 14.3 Å². The molecule has 0 bridgehead atoms. The monoisotopic (exact) mass is 514 g/mol. The third kappa shape index (κ3) is 6.35. The molecule has 0 unspecified atom stereocenters. The van der Waals surface area contributed by atoms with Crippen LogP contribution in [0.2, 0.25) is 10.0 Å². The molecule has 1 fully saturated rings. The molecule has 2 aromatic carbocycles. The Bertz CT molecular complexity index is 1200. The second-order valence-electron chi connectivity index (χ2n) is 8.77. The van der Waals surface area contributed by atoms with Gasteiger partial charge in [-0.1, -0.05) is 40.9 Å². The van der Waals surface area contributed by atoms with E-state index in [9.17, 15) is 9.59 Å². The fourth-order valence-electron chi connectivity index (χ4n) is 4.10. The first kappa shape index (κ1) is 25.1. The number of anilines is 1. The van der Waals surface area contributed by atoms with Crippen molar-refractivity contribution in [2.75, 3.05) is 25.0 Å². The van der Waals surface area contributed by atoms with Gasteiger partial charge in [0, 0.05) is 24.8 Å². The summed E-state index contributed by atoms with van der Waals surface area (Å²) in [5.74, 6) is 0.574. The molecule has 7 nitrogen and oxygen atoms in total. The van der Waals surface area contributed by atoms with Gasteiger partial charge in [0.1, 0.15) is 5.75 Å². The number of rotatable bonds is 7. The fraction of sp³-hybridized carbons (Fsp3) is 0.346. The van der Waals surface area contributed by atoms with Gasteiger partial charge in [-0.25, -0.2) is 0 Å². The first-order valence-electron chi connectivity index (χ1n) is 11.6. The number of hydrogen-bond donors (Lipinski definition) is 1. The molecule has 35 heavy (non-hydrogen) atoms. The van der Waals surface area contributed by atoms with E-state index in [0.29, 0.717) is 41.0 Å². The highest BCUT2D eigenvalue weighted by atomic mass is 35.5. The first-order valence-corrected chi connectivity index (χ1v) is 12.3.